The molecule has 1 saturated heterocycles. The van der Waals surface area contributed by atoms with Crippen LogP contribution in [0.3, 0.4) is 0 Å². The van der Waals surface area contributed by atoms with Crippen LogP contribution in [-0.2, 0) is 9.53 Å². The number of methoxy groups -OCH3 is 1. The van der Waals surface area contributed by atoms with Crippen molar-refractivity contribution in [3.05, 3.63) is 0 Å². The standard InChI is InChI=1S/C11H19NO3/c1-12-9-6-8(15-2)4-3-7(9)5-10(12)11(13)14/h7-10H,3-6H2,1-2H3,(H,13,14). The Morgan fingerprint density at radius 2 is 2.13 bits per heavy atom. The van der Waals surface area contributed by atoms with Gasteiger partial charge in [0.05, 0.1) is 6.10 Å². The highest BCUT2D eigenvalue weighted by molar-refractivity contribution is 5.74. The topological polar surface area (TPSA) is 49.8 Å². The van der Waals surface area contributed by atoms with E-state index >= 15 is 0 Å². The average Bonchev–Trinajstić information content (AvgIpc) is 2.56. The van der Waals surface area contributed by atoms with Crippen molar-refractivity contribution in [3.63, 3.8) is 0 Å². The third-order valence-electron chi connectivity index (χ3n) is 4.07. The average molecular weight is 213 g/mol. The first kappa shape index (κ1) is 10.9. The lowest BCUT2D eigenvalue weighted by molar-refractivity contribution is -0.142. The summed E-state index contributed by atoms with van der Waals surface area (Å²) in [6.45, 7) is 0. The minimum absolute atomic E-state index is 0.282. The number of carboxylic acid groups (broad SMARTS) is 1. The lowest BCUT2D eigenvalue weighted by atomic mass is 9.83. The molecule has 1 aliphatic carbocycles. The lowest BCUT2D eigenvalue weighted by Crippen LogP contribution is -2.41. The van der Waals surface area contributed by atoms with Crippen LogP contribution in [0, 0.1) is 5.92 Å². The predicted molar refractivity (Wildman–Crippen MR) is 55.7 cm³/mol. The van der Waals surface area contributed by atoms with Crippen molar-refractivity contribution in [3.8, 4) is 0 Å². The molecule has 0 spiro atoms. The van der Waals surface area contributed by atoms with E-state index in [1.807, 2.05) is 11.9 Å². The summed E-state index contributed by atoms with van der Waals surface area (Å²) in [7, 11) is 3.68. The molecule has 1 heterocycles. The fourth-order valence-electron chi connectivity index (χ4n) is 3.12. The van der Waals surface area contributed by atoms with Crippen LogP contribution in [0.25, 0.3) is 0 Å². The van der Waals surface area contributed by atoms with Gasteiger partial charge >= 0.3 is 5.97 Å². The molecular weight excluding hydrogens is 194 g/mol. The van der Waals surface area contributed by atoms with E-state index in [9.17, 15) is 4.79 Å². The Morgan fingerprint density at radius 3 is 2.73 bits per heavy atom. The van der Waals surface area contributed by atoms with Crippen LogP contribution in [0.15, 0.2) is 0 Å². The van der Waals surface area contributed by atoms with E-state index < -0.39 is 5.97 Å². The molecule has 2 rings (SSSR count). The van der Waals surface area contributed by atoms with Gasteiger partial charge in [0.25, 0.3) is 0 Å². The molecule has 0 amide bonds. The van der Waals surface area contributed by atoms with Gasteiger partial charge in [0.15, 0.2) is 0 Å². The molecule has 0 aromatic carbocycles. The molecule has 0 radical (unpaired) electrons. The smallest absolute Gasteiger partial charge is 0.320 e. The Hall–Kier alpha value is -0.610. The Balaban J connectivity index is 2.05. The van der Waals surface area contributed by atoms with E-state index in [0.29, 0.717) is 18.1 Å². The van der Waals surface area contributed by atoms with Gasteiger partial charge in [0.2, 0.25) is 0 Å². The molecule has 1 saturated carbocycles. The first-order chi connectivity index (χ1) is 7.13. The van der Waals surface area contributed by atoms with E-state index in [1.54, 1.807) is 7.11 Å². The number of rotatable bonds is 2. The molecular formula is C11H19NO3. The SMILES string of the molecule is COC1CCC2CC(C(=O)O)N(C)C2C1. The molecule has 4 unspecified atom stereocenters. The van der Waals surface area contributed by atoms with Crippen molar-refractivity contribution in [2.75, 3.05) is 14.2 Å². The molecule has 86 valence electrons. The molecule has 4 atom stereocenters. The number of fused-ring (bicyclic) bond motifs is 1. The second-order valence-corrected chi connectivity index (χ2v) is 4.75. The van der Waals surface area contributed by atoms with Crippen molar-refractivity contribution < 1.29 is 14.6 Å². The summed E-state index contributed by atoms with van der Waals surface area (Å²) in [5.74, 6) is -0.122. The van der Waals surface area contributed by atoms with Crippen LogP contribution >= 0.6 is 0 Å². The Morgan fingerprint density at radius 1 is 1.40 bits per heavy atom. The van der Waals surface area contributed by atoms with Crippen molar-refractivity contribution in [1.82, 2.24) is 4.90 Å². The van der Waals surface area contributed by atoms with Gasteiger partial charge in [-0.25, -0.2) is 0 Å². The fraction of sp³-hybridized carbons (Fsp3) is 0.909. The molecule has 4 heteroatoms. The van der Waals surface area contributed by atoms with Crippen LogP contribution in [0.4, 0.5) is 0 Å². The summed E-state index contributed by atoms with van der Waals surface area (Å²) in [5, 5.41) is 9.08. The zero-order valence-electron chi connectivity index (χ0n) is 9.35. The molecule has 1 aliphatic heterocycles. The quantitative estimate of drug-likeness (QED) is 0.742. The lowest BCUT2D eigenvalue weighted by Gasteiger charge is -2.34. The highest BCUT2D eigenvalue weighted by atomic mass is 16.5. The summed E-state index contributed by atoms with van der Waals surface area (Å²) in [4.78, 5) is 13.1. The monoisotopic (exact) mass is 213 g/mol. The zero-order chi connectivity index (χ0) is 11.0. The molecule has 1 N–H and O–H groups in total. The van der Waals surface area contributed by atoms with E-state index in [0.717, 1.165) is 25.7 Å². The Bertz CT molecular complexity index is 256. The van der Waals surface area contributed by atoms with Crippen molar-refractivity contribution in [1.29, 1.82) is 0 Å². The third-order valence-corrected chi connectivity index (χ3v) is 4.07. The molecule has 15 heavy (non-hydrogen) atoms. The second-order valence-electron chi connectivity index (χ2n) is 4.75. The van der Waals surface area contributed by atoms with Gasteiger partial charge in [0, 0.05) is 13.2 Å². The number of likely N-dealkylation sites (tertiary alicyclic amines) is 1. The van der Waals surface area contributed by atoms with Crippen molar-refractivity contribution in [2.24, 2.45) is 5.92 Å². The summed E-state index contributed by atoms with van der Waals surface area (Å²) in [5.41, 5.74) is 0. The molecule has 0 aromatic heterocycles. The number of nitrogens with zero attached hydrogens (tertiary/aromatic N) is 1. The Kier molecular flexibility index (Phi) is 2.98. The van der Waals surface area contributed by atoms with Crippen LogP contribution < -0.4 is 0 Å². The maximum Gasteiger partial charge on any atom is 0.320 e. The number of hydrogen-bond acceptors (Lipinski definition) is 3. The Labute approximate surface area is 90.2 Å². The van der Waals surface area contributed by atoms with E-state index in [-0.39, 0.29) is 6.04 Å². The van der Waals surface area contributed by atoms with Crippen LogP contribution in [0.2, 0.25) is 0 Å². The molecule has 0 aromatic rings. The predicted octanol–water partition coefficient (Wildman–Crippen LogP) is 0.959. The van der Waals surface area contributed by atoms with Gasteiger partial charge < -0.3 is 9.84 Å². The van der Waals surface area contributed by atoms with Gasteiger partial charge in [-0.2, -0.15) is 0 Å². The number of likely N-dealkylation sites (N-methyl/N-ethyl adjacent to an activating group) is 1. The first-order valence-electron chi connectivity index (χ1n) is 5.61. The molecule has 4 nitrogen and oxygen atoms in total. The first-order valence-corrected chi connectivity index (χ1v) is 5.61. The van der Waals surface area contributed by atoms with Gasteiger partial charge in [-0.05, 0) is 38.6 Å². The highest BCUT2D eigenvalue weighted by Crippen LogP contribution is 2.39. The maximum absolute atomic E-state index is 11.0. The second kappa shape index (κ2) is 4.10. The number of hydrogen-bond donors (Lipinski definition) is 1. The minimum Gasteiger partial charge on any atom is -0.480 e. The zero-order valence-corrected chi connectivity index (χ0v) is 9.35. The third kappa shape index (κ3) is 1.88. The van der Waals surface area contributed by atoms with E-state index in [2.05, 4.69) is 0 Å². The summed E-state index contributed by atoms with van der Waals surface area (Å²) >= 11 is 0. The molecule has 2 aliphatic rings. The van der Waals surface area contributed by atoms with Crippen LogP contribution in [0.5, 0.6) is 0 Å². The van der Waals surface area contributed by atoms with Gasteiger partial charge in [-0.15, -0.1) is 0 Å². The van der Waals surface area contributed by atoms with Gasteiger partial charge in [-0.1, -0.05) is 0 Å². The van der Waals surface area contributed by atoms with Crippen molar-refractivity contribution >= 4 is 5.97 Å². The maximum atomic E-state index is 11.0. The number of carboxylic acids is 1. The summed E-state index contributed by atoms with van der Waals surface area (Å²) < 4.78 is 5.37. The summed E-state index contributed by atoms with van der Waals surface area (Å²) in [6.07, 6.45) is 4.31. The largest absolute Gasteiger partial charge is 0.480 e. The fourth-order valence-corrected chi connectivity index (χ4v) is 3.12. The van der Waals surface area contributed by atoms with Gasteiger partial charge in [0.1, 0.15) is 6.04 Å². The number of carbonyl (C=O) groups is 1. The van der Waals surface area contributed by atoms with Crippen LogP contribution in [0.1, 0.15) is 25.7 Å². The number of ether oxygens (including phenoxy) is 1. The molecule has 0 bridgehead atoms. The minimum atomic E-state index is -0.680. The summed E-state index contributed by atoms with van der Waals surface area (Å²) in [6, 6.07) is 0.125. The highest BCUT2D eigenvalue weighted by Gasteiger charge is 2.45. The molecule has 2 fully saturated rings. The van der Waals surface area contributed by atoms with E-state index in [4.69, 9.17) is 9.84 Å². The van der Waals surface area contributed by atoms with Crippen molar-refractivity contribution in [2.45, 2.75) is 43.9 Å². The van der Waals surface area contributed by atoms with Gasteiger partial charge in [-0.3, -0.25) is 9.69 Å². The number of aliphatic carboxylic acids is 1. The van der Waals surface area contributed by atoms with Crippen LogP contribution in [-0.4, -0.2) is 48.3 Å². The van der Waals surface area contributed by atoms with E-state index in [1.165, 1.54) is 0 Å². The normalized spacial score (nSPS) is 41.5.